The minimum Gasteiger partial charge on any atom is -0.497 e. The van der Waals surface area contributed by atoms with E-state index in [1.807, 2.05) is 50.2 Å². The first-order chi connectivity index (χ1) is 13.2. The third kappa shape index (κ3) is 4.04. The summed E-state index contributed by atoms with van der Waals surface area (Å²) >= 11 is 0. The number of H-pyrrole nitrogens is 1. The Morgan fingerprint density at radius 1 is 1.11 bits per heavy atom. The lowest BCUT2D eigenvalue weighted by molar-refractivity contribution is 0.322. The van der Waals surface area contributed by atoms with E-state index in [9.17, 15) is 5.26 Å². The Hall–Kier alpha value is -3.46. The molecule has 0 amide bonds. The van der Waals surface area contributed by atoms with Crippen LogP contribution >= 0.6 is 0 Å². The molecule has 0 aliphatic rings. The second-order valence-electron chi connectivity index (χ2n) is 5.70. The summed E-state index contributed by atoms with van der Waals surface area (Å²) < 4.78 is 16.5. The highest BCUT2D eigenvalue weighted by Gasteiger charge is 2.11. The van der Waals surface area contributed by atoms with E-state index in [-0.39, 0.29) is 0 Å². The maximum atomic E-state index is 9.66. The molecule has 6 nitrogen and oxygen atoms in total. The minimum atomic E-state index is 0.412. The average Bonchev–Trinajstić information content (AvgIpc) is 3.10. The van der Waals surface area contributed by atoms with Gasteiger partial charge in [-0.05, 0) is 44.2 Å². The molecule has 1 heterocycles. The fourth-order valence-electron chi connectivity index (χ4n) is 2.72. The summed E-state index contributed by atoms with van der Waals surface area (Å²) in [7, 11) is 1.61. The van der Waals surface area contributed by atoms with Gasteiger partial charge < -0.3 is 19.2 Å². The van der Waals surface area contributed by atoms with Crippen LogP contribution in [0.1, 0.15) is 25.2 Å². The normalized spacial score (nSPS) is 11.3. The number of nitrogens with one attached hydrogen (secondary N) is 1. The zero-order valence-electron chi connectivity index (χ0n) is 15.6. The van der Waals surface area contributed by atoms with Crippen molar-refractivity contribution in [3.8, 4) is 23.3 Å². The largest absolute Gasteiger partial charge is 0.497 e. The van der Waals surface area contributed by atoms with Gasteiger partial charge in [0, 0.05) is 17.7 Å². The third-order valence-corrected chi connectivity index (χ3v) is 3.96. The Morgan fingerprint density at radius 3 is 2.59 bits per heavy atom. The maximum absolute atomic E-state index is 9.66. The first-order valence-electron chi connectivity index (χ1n) is 8.74. The molecule has 6 heteroatoms. The number of aromatic amines is 1. The fourth-order valence-corrected chi connectivity index (χ4v) is 2.72. The number of imidazole rings is 1. The molecular weight excluding hydrogens is 342 g/mol. The second-order valence-corrected chi connectivity index (χ2v) is 5.70. The number of methoxy groups -OCH3 is 1. The summed E-state index contributed by atoms with van der Waals surface area (Å²) in [6, 6.07) is 13.3. The smallest absolute Gasteiger partial charge is 0.149 e. The molecule has 27 heavy (non-hydrogen) atoms. The molecular formula is C21H21N3O3. The van der Waals surface area contributed by atoms with E-state index in [0.717, 1.165) is 28.1 Å². The van der Waals surface area contributed by atoms with Crippen LogP contribution in [0, 0.1) is 11.3 Å². The van der Waals surface area contributed by atoms with Crippen molar-refractivity contribution in [2.24, 2.45) is 0 Å². The van der Waals surface area contributed by atoms with Gasteiger partial charge in [-0.3, -0.25) is 0 Å². The summed E-state index contributed by atoms with van der Waals surface area (Å²) in [5, 5.41) is 9.66. The lowest BCUT2D eigenvalue weighted by Gasteiger charge is -2.10. The summed E-state index contributed by atoms with van der Waals surface area (Å²) in [6.45, 7) is 4.94. The van der Waals surface area contributed by atoms with Crippen LogP contribution in [0.25, 0.3) is 22.7 Å². The second kappa shape index (κ2) is 8.28. The Kier molecular flexibility index (Phi) is 5.62. The molecule has 0 aliphatic heterocycles. The minimum absolute atomic E-state index is 0.412. The monoisotopic (exact) mass is 363 g/mol. The number of hydrogen-bond acceptors (Lipinski definition) is 5. The predicted octanol–water partition coefficient (Wildman–Crippen LogP) is 4.43. The third-order valence-electron chi connectivity index (χ3n) is 3.96. The van der Waals surface area contributed by atoms with E-state index in [0.29, 0.717) is 30.4 Å². The molecule has 0 bridgehead atoms. The lowest BCUT2D eigenvalue weighted by atomic mass is 10.1. The van der Waals surface area contributed by atoms with Crippen LogP contribution in [-0.2, 0) is 0 Å². The molecule has 3 aromatic rings. The number of fused-ring (bicyclic) bond motifs is 1. The number of hydrogen-bond donors (Lipinski definition) is 1. The van der Waals surface area contributed by atoms with Crippen LogP contribution in [0.5, 0.6) is 17.2 Å². The van der Waals surface area contributed by atoms with Gasteiger partial charge in [-0.15, -0.1) is 0 Å². The quantitative estimate of drug-likeness (QED) is 0.628. The molecule has 0 aliphatic carbocycles. The first-order valence-corrected chi connectivity index (χ1v) is 8.74. The van der Waals surface area contributed by atoms with E-state index in [1.54, 1.807) is 13.2 Å². The number of ether oxygens (including phenoxy) is 3. The zero-order chi connectivity index (χ0) is 19.2. The summed E-state index contributed by atoms with van der Waals surface area (Å²) in [4.78, 5) is 7.69. The average molecular weight is 363 g/mol. The van der Waals surface area contributed by atoms with Gasteiger partial charge in [0.1, 0.15) is 29.1 Å². The molecule has 0 unspecified atom stereocenters. The highest BCUT2D eigenvalue weighted by molar-refractivity contribution is 5.91. The lowest BCUT2D eigenvalue weighted by Crippen LogP contribution is -1.97. The zero-order valence-corrected chi connectivity index (χ0v) is 15.6. The fraction of sp³-hybridized carbons (Fsp3) is 0.238. The summed E-state index contributed by atoms with van der Waals surface area (Å²) in [5.41, 5.74) is 2.77. The van der Waals surface area contributed by atoms with E-state index in [2.05, 4.69) is 16.0 Å². The number of nitrogens with zero attached hydrogens (tertiary/aromatic N) is 2. The number of benzene rings is 2. The first kappa shape index (κ1) is 18.3. The van der Waals surface area contributed by atoms with Gasteiger partial charge in [0.15, 0.2) is 0 Å². The Labute approximate surface area is 158 Å². The molecule has 0 radical (unpaired) electrons. The van der Waals surface area contributed by atoms with Gasteiger partial charge in [-0.25, -0.2) is 4.98 Å². The van der Waals surface area contributed by atoms with Gasteiger partial charge in [-0.1, -0.05) is 0 Å². The van der Waals surface area contributed by atoms with Crippen molar-refractivity contribution in [2.45, 2.75) is 13.8 Å². The molecule has 3 rings (SSSR count). The molecule has 0 saturated carbocycles. The Balaban J connectivity index is 2.02. The predicted molar refractivity (Wildman–Crippen MR) is 105 cm³/mol. The van der Waals surface area contributed by atoms with Crippen molar-refractivity contribution in [1.29, 1.82) is 5.26 Å². The molecule has 1 aromatic heterocycles. The Morgan fingerprint density at radius 2 is 1.89 bits per heavy atom. The van der Waals surface area contributed by atoms with Crippen molar-refractivity contribution < 1.29 is 14.2 Å². The Bertz CT molecular complexity index is 1020. The van der Waals surface area contributed by atoms with Crippen molar-refractivity contribution in [3.63, 3.8) is 0 Å². The van der Waals surface area contributed by atoms with Crippen molar-refractivity contribution in [2.75, 3.05) is 20.3 Å². The number of rotatable bonds is 7. The van der Waals surface area contributed by atoms with Gasteiger partial charge in [-0.2, -0.15) is 5.26 Å². The van der Waals surface area contributed by atoms with Crippen LogP contribution in [-0.4, -0.2) is 30.3 Å². The molecule has 1 N–H and O–H groups in total. The molecule has 0 spiro atoms. The summed E-state index contributed by atoms with van der Waals surface area (Å²) in [5.74, 6) is 2.61. The van der Waals surface area contributed by atoms with Crippen LogP contribution < -0.4 is 14.2 Å². The van der Waals surface area contributed by atoms with E-state index < -0.39 is 0 Å². The van der Waals surface area contributed by atoms with Crippen molar-refractivity contribution >= 4 is 22.7 Å². The number of aromatic nitrogens is 2. The van der Waals surface area contributed by atoms with Gasteiger partial charge >= 0.3 is 0 Å². The van der Waals surface area contributed by atoms with Gasteiger partial charge in [0.25, 0.3) is 0 Å². The highest BCUT2D eigenvalue weighted by Crippen LogP contribution is 2.29. The SMILES string of the molecule is CCOc1ccc(/C=C(/C#N)c2nc3ccc(OC)cc3[nH]2)c(OCC)c1. The topological polar surface area (TPSA) is 80.2 Å². The van der Waals surface area contributed by atoms with Crippen LogP contribution in [0.2, 0.25) is 0 Å². The number of nitriles is 1. The van der Waals surface area contributed by atoms with Crippen LogP contribution in [0.15, 0.2) is 36.4 Å². The molecule has 0 atom stereocenters. The van der Waals surface area contributed by atoms with Crippen LogP contribution in [0.3, 0.4) is 0 Å². The van der Waals surface area contributed by atoms with Gasteiger partial charge in [0.05, 0.1) is 36.9 Å². The molecule has 138 valence electrons. The van der Waals surface area contributed by atoms with E-state index in [1.165, 1.54) is 0 Å². The summed E-state index contributed by atoms with van der Waals surface area (Å²) in [6.07, 6.45) is 1.76. The maximum Gasteiger partial charge on any atom is 0.149 e. The van der Waals surface area contributed by atoms with E-state index >= 15 is 0 Å². The molecule has 0 fully saturated rings. The molecule has 0 saturated heterocycles. The van der Waals surface area contributed by atoms with E-state index in [4.69, 9.17) is 14.2 Å². The molecule has 2 aromatic carbocycles. The van der Waals surface area contributed by atoms with Crippen molar-refractivity contribution in [1.82, 2.24) is 9.97 Å². The number of allylic oxidation sites excluding steroid dienone is 1. The van der Waals surface area contributed by atoms with Crippen LogP contribution in [0.4, 0.5) is 0 Å². The van der Waals surface area contributed by atoms with Crippen molar-refractivity contribution in [3.05, 3.63) is 47.8 Å². The van der Waals surface area contributed by atoms with Gasteiger partial charge in [0.2, 0.25) is 0 Å². The standard InChI is InChI=1S/C21H21N3O3/c1-4-26-17-7-6-14(20(12-17)27-5-2)10-15(13-22)21-23-18-9-8-16(25-3)11-19(18)24-21/h6-12H,4-5H2,1-3H3,(H,23,24)/b15-10-. The highest BCUT2D eigenvalue weighted by atomic mass is 16.5.